The molecule has 0 bridgehead atoms. The van der Waals surface area contributed by atoms with Gasteiger partial charge in [0, 0.05) is 17.5 Å². The van der Waals surface area contributed by atoms with Crippen LogP contribution in [0.5, 0.6) is 0 Å². The van der Waals surface area contributed by atoms with Gasteiger partial charge in [0.1, 0.15) is 6.29 Å². The van der Waals surface area contributed by atoms with Crippen LogP contribution in [0.1, 0.15) is 39.6 Å². The molecule has 0 heterocycles. The molecule has 2 nitrogen and oxygen atoms in total. The van der Waals surface area contributed by atoms with Crippen LogP contribution in [-0.2, 0) is 0 Å². The summed E-state index contributed by atoms with van der Waals surface area (Å²) in [4.78, 5) is 21.8. The van der Waals surface area contributed by atoms with E-state index in [-0.39, 0.29) is 5.78 Å². The second kappa shape index (κ2) is 3.99. The van der Waals surface area contributed by atoms with E-state index < -0.39 is 0 Å². The number of hydrogen-bond acceptors (Lipinski definition) is 2. The SMILES string of the molecule is CCC(=O)c1ccc(C=O)cc1C. The first-order valence-corrected chi connectivity index (χ1v) is 4.28. The third kappa shape index (κ3) is 2.02. The first-order chi connectivity index (χ1) is 6.19. The molecular weight excluding hydrogens is 164 g/mol. The minimum Gasteiger partial charge on any atom is -0.298 e. The van der Waals surface area contributed by atoms with Crippen molar-refractivity contribution in [3.05, 3.63) is 34.9 Å². The maximum Gasteiger partial charge on any atom is 0.162 e. The van der Waals surface area contributed by atoms with Crippen molar-refractivity contribution >= 4 is 12.1 Å². The predicted octanol–water partition coefficient (Wildman–Crippen LogP) is 2.40. The van der Waals surface area contributed by atoms with Gasteiger partial charge in [-0.1, -0.05) is 19.1 Å². The van der Waals surface area contributed by atoms with Gasteiger partial charge in [-0.25, -0.2) is 0 Å². The second-order valence-electron chi connectivity index (χ2n) is 2.97. The smallest absolute Gasteiger partial charge is 0.162 e. The lowest BCUT2D eigenvalue weighted by atomic mass is 10.0. The van der Waals surface area contributed by atoms with E-state index in [4.69, 9.17) is 0 Å². The Bertz CT molecular complexity index is 340. The zero-order valence-corrected chi connectivity index (χ0v) is 7.83. The van der Waals surface area contributed by atoms with Gasteiger partial charge in [0.2, 0.25) is 0 Å². The van der Waals surface area contributed by atoms with Gasteiger partial charge in [-0.05, 0) is 18.6 Å². The van der Waals surface area contributed by atoms with E-state index in [9.17, 15) is 9.59 Å². The number of aryl methyl sites for hydroxylation is 1. The predicted molar refractivity (Wildman–Crippen MR) is 51.2 cm³/mol. The van der Waals surface area contributed by atoms with Crippen LogP contribution < -0.4 is 0 Å². The summed E-state index contributed by atoms with van der Waals surface area (Å²) in [6.45, 7) is 3.67. The first-order valence-electron chi connectivity index (χ1n) is 4.28. The normalized spacial score (nSPS) is 9.69. The molecule has 1 aromatic carbocycles. The van der Waals surface area contributed by atoms with E-state index in [0.717, 1.165) is 11.8 Å². The molecule has 0 saturated heterocycles. The van der Waals surface area contributed by atoms with Gasteiger partial charge in [-0.15, -0.1) is 0 Å². The van der Waals surface area contributed by atoms with Gasteiger partial charge < -0.3 is 0 Å². The molecule has 0 radical (unpaired) electrons. The van der Waals surface area contributed by atoms with Crippen molar-refractivity contribution in [2.45, 2.75) is 20.3 Å². The van der Waals surface area contributed by atoms with Crippen LogP contribution >= 0.6 is 0 Å². The molecule has 0 aromatic heterocycles. The van der Waals surface area contributed by atoms with Gasteiger partial charge in [-0.2, -0.15) is 0 Å². The maximum atomic E-state index is 11.3. The molecule has 68 valence electrons. The quantitative estimate of drug-likeness (QED) is 0.523. The van der Waals surface area contributed by atoms with Crippen molar-refractivity contribution in [1.29, 1.82) is 0 Å². The van der Waals surface area contributed by atoms with Crippen LogP contribution in [0.15, 0.2) is 18.2 Å². The van der Waals surface area contributed by atoms with Crippen molar-refractivity contribution in [1.82, 2.24) is 0 Å². The number of rotatable bonds is 3. The molecule has 0 spiro atoms. The molecule has 0 saturated carbocycles. The Morgan fingerprint density at radius 3 is 2.62 bits per heavy atom. The molecule has 0 fully saturated rings. The van der Waals surface area contributed by atoms with Crippen LogP contribution in [-0.4, -0.2) is 12.1 Å². The largest absolute Gasteiger partial charge is 0.298 e. The highest BCUT2D eigenvalue weighted by molar-refractivity contribution is 5.97. The van der Waals surface area contributed by atoms with Gasteiger partial charge >= 0.3 is 0 Å². The number of carbonyl (C=O) groups excluding carboxylic acids is 2. The Kier molecular flexibility index (Phi) is 2.96. The zero-order valence-electron chi connectivity index (χ0n) is 7.83. The summed E-state index contributed by atoms with van der Waals surface area (Å²) in [5.74, 6) is 0.120. The van der Waals surface area contributed by atoms with Crippen LogP contribution in [0, 0.1) is 6.92 Å². The van der Waals surface area contributed by atoms with E-state index in [2.05, 4.69) is 0 Å². The number of Topliss-reactive ketones (excluding diaryl/α,β-unsaturated/α-hetero) is 1. The third-order valence-electron chi connectivity index (χ3n) is 2.01. The molecule has 1 aromatic rings. The number of aldehydes is 1. The van der Waals surface area contributed by atoms with E-state index in [1.165, 1.54) is 0 Å². The molecule has 0 aliphatic rings. The monoisotopic (exact) mass is 176 g/mol. The van der Waals surface area contributed by atoms with E-state index in [1.54, 1.807) is 18.2 Å². The van der Waals surface area contributed by atoms with Crippen LogP contribution in [0.2, 0.25) is 0 Å². The standard InChI is InChI=1S/C11H12O2/c1-3-11(13)10-5-4-9(7-12)6-8(10)2/h4-7H,3H2,1-2H3. The average molecular weight is 176 g/mol. The summed E-state index contributed by atoms with van der Waals surface area (Å²) < 4.78 is 0. The van der Waals surface area contributed by atoms with Crippen molar-refractivity contribution in [2.24, 2.45) is 0 Å². The lowest BCUT2D eigenvalue weighted by molar-refractivity contribution is 0.0986. The first kappa shape index (κ1) is 9.65. The number of benzene rings is 1. The molecule has 13 heavy (non-hydrogen) atoms. The maximum absolute atomic E-state index is 11.3. The summed E-state index contributed by atoms with van der Waals surface area (Å²) in [5, 5.41) is 0. The fraction of sp³-hybridized carbons (Fsp3) is 0.273. The summed E-state index contributed by atoms with van der Waals surface area (Å²) in [5.41, 5.74) is 2.20. The number of carbonyl (C=O) groups is 2. The molecule has 0 atom stereocenters. The Balaban J connectivity index is 3.12. The zero-order chi connectivity index (χ0) is 9.84. The summed E-state index contributed by atoms with van der Waals surface area (Å²) in [6.07, 6.45) is 1.29. The van der Waals surface area contributed by atoms with Crippen LogP contribution in [0.3, 0.4) is 0 Å². The highest BCUT2D eigenvalue weighted by Gasteiger charge is 2.06. The highest BCUT2D eigenvalue weighted by atomic mass is 16.1. The summed E-state index contributed by atoms with van der Waals surface area (Å²) in [6, 6.07) is 5.11. The fourth-order valence-corrected chi connectivity index (χ4v) is 1.26. The molecular formula is C11H12O2. The van der Waals surface area contributed by atoms with Crippen molar-refractivity contribution in [3.63, 3.8) is 0 Å². The molecule has 0 amide bonds. The molecule has 1 rings (SSSR count). The van der Waals surface area contributed by atoms with Gasteiger partial charge in [0.15, 0.2) is 5.78 Å². The lowest BCUT2D eigenvalue weighted by Gasteiger charge is -2.02. The third-order valence-corrected chi connectivity index (χ3v) is 2.01. The second-order valence-corrected chi connectivity index (χ2v) is 2.97. The average Bonchev–Trinajstić information content (AvgIpc) is 2.16. The highest BCUT2D eigenvalue weighted by Crippen LogP contribution is 2.11. The Hall–Kier alpha value is -1.44. The molecule has 0 aliphatic heterocycles. The number of hydrogen-bond donors (Lipinski definition) is 0. The van der Waals surface area contributed by atoms with E-state index >= 15 is 0 Å². The minimum atomic E-state index is 0.120. The Labute approximate surface area is 77.6 Å². The Morgan fingerprint density at radius 1 is 1.46 bits per heavy atom. The van der Waals surface area contributed by atoms with Gasteiger partial charge in [-0.3, -0.25) is 9.59 Å². The molecule has 0 N–H and O–H groups in total. The molecule has 0 aliphatic carbocycles. The number of ketones is 1. The van der Waals surface area contributed by atoms with Crippen molar-refractivity contribution < 1.29 is 9.59 Å². The summed E-state index contributed by atoms with van der Waals surface area (Å²) >= 11 is 0. The lowest BCUT2D eigenvalue weighted by Crippen LogP contribution is -2.00. The van der Waals surface area contributed by atoms with Crippen molar-refractivity contribution in [2.75, 3.05) is 0 Å². The summed E-state index contributed by atoms with van der Waals surface area (Å²) in [7, 11) is 0. The molecule has 0 unspecified atom stereocenters. The van der Waals surface area contributed by atoms with E-state index in [1.807, 2.05) is 13.8 Å². The minimum absolute atomic E-state index is 0.120. The Morgan fingerprint density at radius 2 is 2.15 bits per heavy atom. The van der Waals surface area contributed by atoms with E-state index in [0.29, 0.717) is 17.5 Å². The van der Waals surface area contributed by atoms with Gasteiger partial charge in [0.05, 0.1) is 0 Å². The van der Waals surface area contributed by atoms with Crippen LogP contribution in [0.25, 0.3) is 0 Å². The van der Waals surface area contributed by atoms with Crippen molar-refractivity contribution in [3.8, 4) is 0 Å². The topological polar surface area (TPSA) is 34.1 Å². The fourth-order valence-electron chi connectivity index (χ4n) is 1.26. The van der Waals surface area contributed by atoms with Gasteiger partial charge in [0.25, 0.3) is 0 Å². The van der Waals surface area contributed by atoms with Crippen LogP contribution in [0.4, 0.5) is 0 Å². The molecule has 2 heteroatoms.